The Balaban J connectivity index is 1.38. The quantitative estimate of drug-likeness (QED) is 0.662. The summed E-state index contributed by atoms with van der Waals surface area (Å²) in [6.07, 6.45) is 6.85. The number of benzene rings is 1. The first-order chi connectivity index (χ1) is 14.0. The fraction of sp³-hybridized carbons (Fsp3) is 0.455. The summed E-state index contributed by atoms with van der Waals surface area (Å²) in [7, 11) is -3.46. The van der Waals surface area contributed by atoms with E-state index in [-0.39, 0.29) is 5.92 Å². The zero-order chi connectivity index (χ0) is 20.0. The van der Waals surface area contributed by atoms with Crippen LogP contribution in [0.5, 0.6) is 0 Å². The molecule has 0 amide bonds. The van der Waals surface area contributed by atoms with Crippen LogP contribution in [0.15, 0.2) is 41.4 Å². The second-order valence-corrected chi connectivity index (χ2v) is 10.2. The van der Waals surface area contributed by atoms with Gasteiger partial charge in [0.2, 0.25) is 10.0 Å². The van der Waals surface area contributed by atoms with Crippen LogP contribution in [0.4, 0.5) is 0 Å². The number of fused-ring (bicyclic) bond motifs is 2. The molecule has 0 bridgehead atoms. The van der Waals surface area contributed by atoms with Crippen LogP contribution in [0.3, 0.4) is 0 Å². The number of aromatic nitrogens is 3. The molecular formula is C22H26N4O2S. The second-order valence-electron chi connectivity index (χ2n) is 8.27. The van der Waals surface area contributed by atoms with E-state index < -0.39 is 10.0 Å². The van der Waals surface area contributed by atoms with E-state index in [4.69, 9.17) is 0 Å². The van der Waals surface area contributed by atoms with Gasteiger partial charge in [0.15, 0.2) is 5.65 Å². The highest BCUT2D eigenvalue weighted by atomic mass is 32.2. The van der Waals surface area contributed by atoms with Crippen molar-refractivity contribution in [3.63, 3.8) is 0 Å². The van der Waals surface area contributed by atoms with Crippen molar-refractivity contribution in [3.05, 3.63) is 53.5 Å². The minimum atomic E-state index is -3.46. The van der Waals surface area contributed by atoms with Crippen molar-refractivity contribution >= 4 is 21.2 Å². The van der Waals surface area contributed by atoms with Crippen molar-refractivity contribution in [3.8, 4) is 0 Å². The van der Waals surface area contributed by atoms with Gasteiger partial charge in [-0.15, -0.1) is 0 Å². The van der Waals surface area contributed by atoms with Gasteiger partial charge in [0.25, 0.3) is 0 Å². The Bertz CT molecular complexity index is 1170. The van der Waals surface area contributed by atoms with Crippen LogP contribution in [0, 0.1) is 12.8 Å². The first kappa shape index (κ1) is 18.8. The van der Waals surface area contributed by atoms with Crippen LogP contribution in [-0.2, 0) is 29.4 Å². The molecule has 0 radical (unpaired) electrons. The van der Waals surface area contributed by atoms with Gasteiger partial charge in [-0.1, -0.05) is 6.07 Å². The standard InChI is InChI=1S/C22H26N4O2S/c1-16-24-21-8-3-11-23-22(21)26(16)15-17-5-4-12-25(14-17)29(27,28)20-10-9-18-6-2-7-19(18)13-20/h3,8-11,13,17H,2,4-7,12,14-15H2,1H3/t17-/m0/s1. The third-order valence-corrected chi connectivity index (χ3v) is 8.19. The Hall–Kier alpha value is -2.25. The minimum absolute atomic E-state index is 0.256. The summed E-state index contributed by atoms with van der Waals surface area (Å²) < 4.78 is 30.4. The monoisotopic (exact) mass is 410 g/mol. The summed E-state index contributed by atoms with van der Waals surface area (Å²) in [4.78, 5) is 9.53. The van der Waals surface area contributed by atoms with E-state index in [0.29, 0.717) is 18.0 Å². The van der Waals surface area contributed by atoms with Gasteiger partial charge in [0.05, 0.1) is 4.90 Å². The van der Waals surface area contributed by atoms with E-state index in [9.17, 15) is 8.42 Å². The average Bonchev–Trinajstić information content (AvgIpc) is 3.32. The van der Waals surface area contributed by atoms with E-state index in [2.05, 4.69) is 14.5 Å². The number of sulfonamides is 1. The smallest absolute Gasteiger partial charge is 0.243 e. The molecule has 29 heavy (non-hydrogen) atoms. The fourth-order valence-electron chi connectivity index (χ4n) is 4.80. The molecule has 6 nitrogen and oxygen atoms in total. The summed E-state index contributed by atoms with van der Waals surface area (Å²) in [6.45, 7) is 3.88. The Morgan fingerprint density at radius 2 is 2.00 bits per heavy atom. The lowest BCUT2D eigenvalue weighted by atomic mass is 9.99. The highest BCUT2D eigenvalue weighted by Gasteiger charge is 2.31. The van der Waals surface area contributed by atoms with E-state index in [1.807, 2.05) is 31.2 Å². The van der Waals surface area contributed by atoms with Crippen LogP contribution in [0.25, 0.3) is 11.2 Å². The number of nitrogens with zero attached hydrogens (tertiary/aromatic N) is 4. The number of hydrogen-bond acceptors (Lipinski definition) is 4. The summed E-state index contributed by atoms with van der Waals surface area (Å²) in [5.41, 5.74) is 4.27. The van der Waals surface area contributed by atoms with E-state index >= 15 is 0 Å². The lowest BCUT2D eigenvalue weighted by molar-refractivity contribution is 0.245. The van der Waals surface area contributed by atoms with Crippen molar-refractivity contribution in [1.29, 1.82) is 0 Å². The molecule has 3 aromatic rings. The molecule has 0 N–H and O–H groups in total. The van der Waals surface area contributed by atoms with Crippen LogP contribution in [0.2, 0.25) is 0 Å². The molecular weight excluding hydrogens is 384 g/mol. The number of rotatable bonds is 4. The van der Waals surface area contributed by atoms with E-state index in [1.165, 1.54) is 11.1 Å². The lowest BCUT2D eigenvalue weighted by Gasteiger charge is -2.32. The summed E-state index contributed by atoms with van der Waals surface area (Å²) in [6, 6.07) is 9.56. The summed E-state index contributed by atoms with van der Waals surface area (Å²) in [5, 5.41) is 0. The van der Waals surface area contributed by atoms with Gasteiger partial charge in [-0.05, 0) is 80.3 Å². The maximum atomic E-state index is 13.3. The van der Waals surface area contributed by atoms with Gasteiger partial charge in [-0.2, -0.15) is 4.31 Å². The first-order valence-corrected chi connectivity index (χ1v) is 11.9. The van der Waals surface area contributed by atoms with Gasteiger partial charge in [0, 0.05) is 25.8 Å². The molecule has 1 fully saturated rings. The largest absolute Gasteiger partial charge is 0.313 e. The van der Waals surface area contributed by atoms with Gasteiger partial charge in [-0.3, -0.25) is 0 Å². The molecule has 5 rings (SSSR count). The minimum Gasteiger partial charge on any atom is -0.313 e. The number of imidazole rings is 1. The predicted octanol–water partition coefficient (Wildman–Crippen LogP) is 3.33. The van der Waals surface area contributed by atoms with Crippen molar-refractivity contribution in [1.82, 2.24) is 18.8 Å². The zero-order valence-corrected chi connectivity index (χ0v) is 17.5. The molecule has 2 aliphatic rings. The number of hydrogen-bond donors (Lipinski definition) is 0. The zero-order valence-electron chi connectivity index (χ0n) is 16.7. The van der Waals surface area contributed by atoms with E-state index in [0.717, 1.165) is 55.6 Å². The summed E-state index contributed by atoms with van der Waals surface area (Å²) >= 11 is 0. The normalized spacial score (nSPS) is 20.2. The SMILES string of the molecule is Cc1nc2cccnc2n1C[C@H]1CCCN(S(=O)(=O)c2ccc3c(c2)CCC3)C1. The molecule has 0 saturated carbocycles. The third kappa shape index (κ3) is 3.36. The molecule has 1 aliphatic heterocycles. The van der Waals surface area contributed by atoms with Crippen molar-refractivity contribution < 1.29 is 8.42 Å². The Morgan fingerprint density at radius 3 is 2.90 bits per heavy atom. The average molecular weight is 411 g/mol. The van der Waals surface area contributed by atoms with Crippen molar-refractivity contribution in [2.45, 2.75) is 50.5 Å². The topological polar surface area (TPSA) is 68.1 Å². The van der Waals surface area contributed by atoms with Gasteiger partial charge >= 0.3 is 0 Å². The molecule has 2 aromatic heterocycles. The van der Waals surface area contributed by atoms with Crippen LogP contribution in [-0.4, -0.2) is 40.3 Å². The van der Waals surface area contributed by atoms with E-state index in [1.54, 1.807) is 16.6 Å². The molecule has 0 spiro atoms. The molecule has 0 unspecified atom stereocenters. The Morgan fingerprint density at radius 1 is 1.14 bits per heavy atom. The molecule has 1 aromatic carbocycles. The maximum absolute atomic E-state index is 13.3. The first-order valence-electron chi connectivity index (χ1n) is 10.4. The Kier molecular flexibility index (Phi) is 4.67. The van der Waals surface area contributed by atoms with Crippen molar-refractivity contribution in [2.75, 3.05) is 13.1 Å². The highest BCUT2D eigenvalue weighted by Crippen LogP contribution is 2.29. The predicted molar refractivity (Wildman–Crippen MR) is 112 cm³/mol. The number of aryl methyl sites for hydroxylation is 3. The number of piperidine rings is 1. The Labute approximate surface area is 171 Å². The lowest BCUT2D eigenvalue weighted by Crippen LogP contribution is -2.41. The van der Waals surface area contributed by atoms with Crippen molar-refractivity contribution in [2.24, 2.45) is 5.92 Å². The fourth-order valence-corrected chi connectivity index (χ4v) is 6.41. The van der Waals surface area contributed by atoms with Gasteiger partial charge in [0.1, 0.15) is 11.3 Å². The maximum Gasteiger partial charge on any atom is 0.243 e. The van der Waals surface area contributed by atoms with Gasteiger partial charge in [-0.25, -0.2) is 18.4 Å². The molecule has 1 saturated heterocycles. The molecule has 152 valence electrons. The van der Waals surface area contributed by atoms with Gasteiger partial charge < -0.3 is 4.57 Å². The molecule has 7 heteroatoms. The van der Waals surface area contributed by atoms with Crippen LogP contribution >= 0.6 is 0 Å². The summed E-state index contributed by atoms with van der Waals surface area (Å²) in [5.74, 6) is 1.18. The van der Waals surface area contributed by atoms with Crippen LogP contribution < -0.4 is 0 Å². The highest BCUT2D eigenvalue weighted by molar-refractivity contribution is 7.89. The van der Waals surface area contributed by atoms with Crippen LogP contribution in [0.1, 0.15) is 36.2 Å². The second kappa shape index (κ2) is 7.22. The molecule has 1 atom stereocenters. The third-order valence-electron chi connectivity index (χ3n) is 6.32. The number of pyridine rings is 1. The molecule has 1 aliphatic carbocycles. The molecule has 3 heterocycles.